The highest BCUT2D eigenvalue weighted by molar-refractivity contribution is 6.07. The fourth-order valence-corrected chi connectivity index (χ4v) is 2.21. The Labute approximate surface area is 146 Å². The first-order valence-electron chi connectivity index (χ1n) is 8.21. The van der Waals surface area contributed by atoms with Gasteiger partial charge in [0.05, 0.1) is 18.4 Å². The van der Waals surface area contributed by atoms with Crippen molar-refractivity contribution in [2.24, 2.45) is 0 Å². The van der Waals surface area contributed by atoms with Crippen molar-refractivity contribution < 1.29 is 14.3 Å². The normalized spacial score (nSPS) is 10.2. The number of esters is 1. The van der Waals surface area contributed by atoms with Gasteiger partial charge in [-0.25, -0.2) is 14.8 Å². The zero-order chi connectivity index (χ0) is 18.1. The molecule has 132 valence electrons. The van der Waals surface area contributed by atoms with Gasteiger partial charge in [-0.1, -0.05) is 31.9 Å². The second-order valence-corrected chi connectivity index (χ2v) is 5.39. The number of para-hydroxylation sites is 1. The third kappa shape index (κ3) is 5.27. The van der Waals surface area contributed by atoms with Crippen LogP contribution in [0, 0.1) is 0 Å². The van der Waals surface area contributed by atoms with Crippen molar-refractivity contribution in [3.8, 4) is 0 Å². The first-order chi connectivity index (χ1) is 12.2. The summed E-state index contributed by atoms with van der Waals surface area (Å²) in [5, 5.41) is 5.79. The van der Waals surface area contributed by atoms with Crippen molar-refractivity contribution in [2.75, 3.05) is 24.3 Å². The summed E-state index contributed by atoms with van der Waals surface area (Å²) in [4.78, 5) is 32.5. The van der Waals surface area contributed by atoms with Crippen LogP contribution >= 0.6 is 0 Å². The Kier molecular flexibility index (Phi) is 6.88. The van der Waals surface area contributed by atoms with Gasteiger partial charge in [0.25, 0.3) is 5.91 Å². The summed E-state index contributed by atoms with van der Waals surface area (Å²) < 4.78 is 4.72. The van der Waals surface area contributed by atoms with Crippen LogP contribution in [-0.4, -0.2) is 35.5 Å². The smallest absolute Gasteiger partial charge is 0.339 e. The minimum absolute atomic E-state index is 0.215. The third-order valence-electron chi connectivity index (χ3n) is 3.53. The molecule has 2 aromatic rings. The average molecular weight is 342 g/mol. The van der Waals surface area contributed by atoms with Gasteiger partial charge >= 0.3 is 5.97 Å². The van der Waals surface area contributed by atoms with Crippen molar-refractivity contribution in [3.05, 3.63) is 47.8 Å². The summed E-state index contributed by atoms with van der Waals surface area (Å²) in [5.41, 5.74) is 0.869. The monoisotopic (exact) mass is 342 g/mol. The van der Waals surface area contributed by atoms with E-state index in [4.69, 9.17) is 4.74 Å². The third-order valence-corrected chi connectivity index (χ3v) is 3.53. The Morgan fingerprint density at radius 1 is 1.16 bits per heavy atom. The van der Waals surface area contributed by atoms with Crippen LogP contribution in [0.25, 0.3) is 0 Å². The number of carbonyl (C=O) groups is 2. The van der Waals surface area contributed by atoms with Crippen LogP contribution in [0.3, 0.4) is 0 Å². The molecule has 7 nitrogen and oxygen atoms in total. The first kappa shape index (κ1) is 18.4. The number of nitrogens with zero attached hydrogens (tertiary/aromatic N) is 2. The van der Waals surface area contributed by atoms with E-state index in [2.05, 4.69) is 27.5 Å². The molecule has 0 fully saturated rings. The Hall–Kier alpha value is -2.96. The van der Waals surface area contributed by atoms with Gasteiger partial charge in [-0.3, -0.25) is 4.79 Å². The highest BCUT2D eigenvalue weighted by Crippen LogP contribution is 2.17. The Morgan fingerprint density at radius 2 is 1.96 bits per heavy atom. The van der Waals surface area contributed by atoms with Crippen LogP contribution in [0.15, 0.2) is 36.5 Å². The highest BCUT2D eigenvalue weighted by Gasteiger charge is 2.15. The van der Waals surface area contributed by atoms with Gasteiger partial charge in [-0.15, -0.1) is 0 Å². The minimum Gasteiger partial charge on any atom is -0.465 e. The number of ether oxygens (including phenoxy) is 1. The molecule has 0 unspecified atom stereocenters. The maximum atomic E-state index is 12.4. The van der Waals surface area contributed by atoms with Gasteiger partial charge < -0.3 is 15.4 Å². The lowest BCUT2D eigenvalue weighted by Crippen LogP contribution is -2.17. The van der Waals surface area contributed by atoms with E-state index in [0.29, 0.717) is 11.6 Å². The molecule has 0 aliphatic rings. The Morgan fingerprint density at radius 3 is 2.72 bits per heavy atom. The largest absolute Gasteiger partial charge is 0.465 e. The van der Waals surface area contributed by atoms with Crippen LogP contribution in [0.1, 0.15) is 47.0 Å². The number of methoxy groups -OCH3 is 1. The van der Waals surface area contributed by atoms with Crippen molar-refractivity contribution in [3.63, 3.8) is 0 Å². The Bertz CT molecular complexity index is 734. The minimum atomic E-state index is -0.517. The maximum absolute atomic E-state index is 12.4. The summed E-state index contributed by atoms with van der Waals surface area (Å²) in [6, 6.07) is 8.17. The molecule has 0 radical (unpaired) electrons. The fourth-order valence-electron chi connectivity index (χ4n) is 2.21. The molecule has 1 amide bonds. The number of hydrogen-bond donors (Lipinski definition) is 2. The molecular weight excluding hydrogens is 320 g/mol. The fraction of sp³-hybridized carbons (Fsp3) is 0.333. The molecule has 1 aromatic heterocycles. The summed E-state index contributed by atoms with van der Waals surface area (Å²) >= 11 is 0. The highest BCUT2D eigenvalue weighted by atomic mass is 16.5. The Balaban J connectivity index is 2.08. The van der Waals surface area contributed by atoms with Gasteiger partial charge in [0.15, 0.2) is 0 Å². The topological polar surface area (TPSA) is 93.2 Å². The first-order valence-corrected chi connectivity index (χ1v) is 8.21. The van der Waals surface area contributed by atoms with Crippen LogP contribution in [0.4, 0.5) is 11.6 Å². The molecular formula is C18H22N4O3. The number of rotatable bonds is 8. The maximum Gasteiger partial charge on any atom is 0.339 e. The predicted molar refractivity (Wildman–Crippen MR) is 95.8 cm³/mol. The number of unbranched alkanes of at least 4 members (excludes halogenated alkanes) is 2. The zero-order valence-corrected chi connectivity index (χ0v) is 14.4. The van der Waals surface area contributed by atoms with Crippen molar-refractivity contribution >= 4 is 23.5 Å². The van der Waals surface area contributed by atoms with Gasteiger partial charge in [-0.2, -0.15) is 0 Å². The van der Waals surface area contributed by atoms with E-state index in [1.165, 1.54) is 19.4 Å². The molecule has 0 saturated heterocycles. The van der Waals surface area contributed by atoms with Gasteiger partial charge in [-0.05, 0) is 24.6 Å². The number of nitrogens with one attached hydrogen (secondary N) is 2. The van der Waals surface area contributed by atoms with Crippen LogP contribution < -0.4 is 10.6 Å². The number of amides is 1. The molecule has 0 spiro atoms. The number of benzene rings is 1. The summed E-state index contributed by atoms with van der Waals surface area (Å²) in [5.74, 6) is -0.530. The van der Waals surface area contributed by atoms with E-state index in [1.807, 2.05) is 0 Å². The quantitative estimate of drug-likeness (QED) is 0.565. The standard InChI is InChI=1S/C18H22N4O3/c1-3-4-7-11-19-18-20-12-10-15(22-18)16(23)21-14-9-6-5-8-13(14)17(24)25-2/h5-6,8-10,12H,3-4,7,11H2,1-2H3,(H,21,23)(H,19,20,22). The molecule has 7 heteroatoms. The second-order valence-electron chi connectivity index (χ2n) is 5.39. The predicted octanol–water partition coefficient (Wildman–Crippen LogP) is 3.12. The zero-order valence-electron chi connectivity index (χ0n) is 14.4. The molecule has 0 aliphatic heterocycles. The molecule has 25 heavy (non-hydrogen) atoms. The van der Waals surface area contributed by atoms with Crippen molar-refractivity contribution in [2.45, 2.75) is 26.2 Å². The van der Waals surface area contributed by atoms with Crippen molar-refractivity contribution in [1.82, 2.24) is 9.97 Å². The van der Waals surface area contributed by atoms with E-state index in [0.717, 1.165) is 25.8 Å². The molecule has 1 aromatic carbocycles. The van der Waals surface area contributed by atoms with Crippen LogP contribution in [0.2, 0.25) is 0 Å². The molecule has 1 heterocycles. The lowest BCUT2D eigenvalue weighted by molar-refractivity contribution is 0.0602. The molecule has 0 atom stereocenters. The molecule has 0 aliphatic carbocycles. The van der Waals surface area contributed by atoms with Gasteiger partial charge in [0.2, 0.25) is 5.95 Å². The lowest BCUT2D eigenvalue weighted by Gasteiger charge is -2.10. The summed E-state index contributed by atoms with van der Waals surface area (Å²) in [7, 11) is 1.29. The van der Waals surface area contributed by atoms with Gasteiger partial charge in [0, 0.05) is 12.7 Å². The van der Waals surface area contributed by atoms with Crippen LogP contribution in [0.5, 0.6) is 0 Å². The molecule has 2 N–H and O–H groups in total. The van der Waals surface area contributed by atoms with Gasteiger partial charge in [0.1, 0.15) is 5.69 Å². The number of hydrogen-bond acceptors (Lipinski definition) is 6. The second kappa shape index (κ2) is 9.36. The van der Waals surface area contributed by atoms with Crippen LogP contribution in [-0.2, 0) is 4.74 Å². The number of carbonyl (C=O) groups excluding carboxylic acids is 2. The summed E-state index contributed by atoms with van der Waals surface area (Å²) in [6.07, 6.45) is 4.79. The average Bonchev–Trinajstić information content (AvgIpc) is 2.65. The molecule has 2 rings (SSSR count). The SMILES string of the molecule is CCCCCNc1nccc(C(=O)Nc2ccccc2C(=O)OC)n1. The van der Waals surface area contributed by atoms with E-state index < -0.39 is 11.9 Å². The molecule has 0 bridgehead atoms. The van der Waals surface area contributed by atoms with Crippen molar-refractivity contribution in [1.29, 1.82) is 0 Å². The lowest BCUT2D eigenvalue weighted by atomic mass is 10.1. The van der Waals surface area contributed by atoms with E-state index in [1.54, 1.807) is 24.3 Å². The van der Waals surface area contributed by atoms with E-state index >= 15 is 0 Å². The molecule has 0 saturated carbocycles. The summed E-state index contributed by atoms with van der Waals surface area (Å²) in [6.45, 7) is 2.89. The van der Waals surface area contributed by atoms with E-state index in [-0.39, 0.29) is 11.3 Å². The number of anilines is 2. The van der Waals surface area contributed by atoms with E-state index in [9.17, 15) is 9.59 Å². The number of aromatic nitrogens is 2.